The fraction of sp³-hybridized carbons (Fsp3) is 0.600. The number of hydrogen-bond donors (Lipinski definition) is 0. The Morgan fingerprint density at radius 3 is 2.45 bits per heavy atom. The van der Waals surface area contributed by atoms with Crippen molar-refractivity contribution in [1.82, 2.24) is 14.8 Å². The summed E-state index contributed by atoms with van der Waals surface area (Å²) in [5.74, 6) is 0.0670. The second-order valence-electron chi connectivity index (χ2n) is 5.63. The first kappa shape index (κ1) is 14.0. The smallest absolute Gasteiger partial charge is 0.272 e. The number of carbonyl (C=O) groups excluding carboxylic acids is 1. The monoisotopic (exact) mass is 337 g/mol. The number of pyridine rings is 1. The van der Waals surface area contributed by atoms with E-state index in [1.807, 2.05) is 11.0 Å². The maximum atomic E-state index is 12.4. The van der Waals surface area contributed by atoms with Crippen LogP contribution in [0, 0.1) is 0 Å². The van der Waals surface area contributed by atoms with Crippen LogP contribution in [-0.4, -0.2) is 52.9 Å². The summed E-state index contributed by atoms with van der Waals surface area (Å²) in [5.41, 5.74) is 0.549. The van der Waals surface area contributed by atoms with Crippen LogP contribution >= 0.6 is 15.9 Å². The number of piperidine rings is 1. The number of rotatable bonds is 2. The van der Waals surface area contributed by atoms with Crippen LogP contribution in [0.5, 0.6) is 0 Å². The Balaban J connectivity index is 1.57. The van der Waals surface area contributed by atoms with Crippen molar-refractivity contribution in [2.75, 3.05) is 26.2 Å². The lowest BCUT2D eigenvalue weighted by molar-refractivity contribution is 0.0639. The molecule has 0 aliphatic carbocycles. The van der Waals surface area contributed by atoms with E-state index in [1.165, 1.54) is 25.9 Å². The molecule has 0 bridgehead atoms. The normalized spacial score (nSPS) is 21.4. The molecule has 0 spiro atoms. The summed E-state index contributed by atoms with van der Waals surface area (Å²) < 4.78 is 0.904. The number of aromatic nitrogens is 1. The molecule has 0 unspecified atom stereocenters. The Morgan fingerprint density at radius 2 is 1.85 bits per heavy atom. The van der Waals surface area contributed by atoms with Gasteiger partial charge in [-0.3, -0.25) is 4.79 Å². The molecule has 3 rings (SSSR count). The van der Waals surface area contributed by atoms with Crippen molar-refractivity contribution in [3.8, 4) is 0 Å². The van der Waals surface area contributed by atoms with Gasteiger partial charge in [0.15, 0.2) is 0 Å². The Labute approximate surface area is 128 Å². The molecule has 4 nitrogen and oxygen atoms in total. The SMILES string of the molecule is O=C(c1ccc(Br)cn1)N1CCC(N2CCCC2)CC1. The molecule has 0 aromatic carbocycles. The molecule has 1 aromatic rings. The molecule has 2 saturated heterocycles. The molecular weight excluding hydrogens is 318 g/mol. The lowest BCUT2D eigenvalue weighted by atomic mass is 10.0. The molecule has 2 fully saturated rings. The summed E-state index contributed by atoms with van der Waals surface area (Å²) in [6, 6.07) is 4.34. The Bertz CT molecular complexity index is 463. The summed E-state index contributed by atoms with van der Waals surface area (Å²) in [7, 11) is 0. The van der Waals surface area contributed by atoms with E-state index in [-0.39, 0.29) is 5.91 Å². The van der Waals surface area contributed by atoms with Gasteiger partial charge in [0.2, 0.25) is 0 Å². The molecule has 0 N–H and O–H groups in total. The molecule has 5 heteroatoms. The van der Waals surface area contributed by atoms with Gasteiger partial charge >= 0.3 is 0 Å². The third-order valence-electron chi connectivity index (χ3n) is 4.36. The van der Waals surface area contributed by atoms with Gasteiger partial charge in [0.25, 0.3) is 5.91 Å². The van der Waals surface area contributed by atoms with Crippen molar-refractivity contribution < 1.29 is 4.79 Å². The first-order valence-electron chi connectivity index (χ1n) is 7.39. The molecule has 1 aromatic heterocycles. The predicted octanol–water partition coefficient (Wildman–Crippen LogP) is 2.54. The number of carbonyl (C=O) groups is 1. The van der Waals surface area contributed by atoms with E-state index in [2.05, 4.69) is 25.8 Å². The van der Waals surface area contributed by atoms with Crippen molar-refractivity contribution in [2.24, 2.45) is 0 Å². The van der Waals surface area contributed by atoms with E-state index in [9.17, 15) is 4.79 Å². The van der Waals surface area contributed by atoms with Gasteiger partial charge < -0.3 is 9.80 Å². The number of amides is 1. The molecule has 20 heavy (non-hydrogen) atoms. The van der Waals surface area contributed by atoms with E-state index in [1.54, 1.807) is 12.3 Å². The third kappa shape index (κ3) is 3.04. The lowest BCUT2D eigenvalue weighted by Crippen LogP contribution is -2.46. The van der Waals surface area contributed by atoms with E-state index >= 15 is 0 Å². The highest BCUT2D eigenvalue weighted by Crippen LogP contribution is 2.22. The van der Waals surface area contributed by atoms with Crippen LogP contribution in [-0.2, 0) is 0 Å². The van der Waals surface area contributed by atoms with Crippen molar-refractivity contribution in [3.63, 3.8) is 0 Å². The predicted molar refractivity (Wildman–Crippen MR) is 81.7 cm³/mol. The highest BCUT2D eigenvalue weighted by molar-refractivity contribution is 9.10. The first-order valence-corrected chi connectivity index (χ1v) is 8.18. The number of halogens is 1. The summed E-state index contributed by atoms with van der Waals surface area (Å²) in [5, 5.41) is 0. The van der Waals surface area contributed by atoms with Gasteiger partial charge in [0, 0.05) is 29.8 Å². The molecule has 3 heterocycles. The summed E-state index contributed by atoms with van der Waals surface area (Å²) >= 11 is 3.34. The second kappa shape index (κ2) is 6.22. The topological polar surface area (TPSA) is 36.4 Å². The standard InChI is InChI=1S/C15H20BrN3O/c16-12-3-4-14(17-11-12)15(20)19-9-5-13(6-10-19)18-7-1-2-8-18/h3-4,11,13H,1-2,5-10H2. The Kier molecular flexibility index (Phi) is 4.36. The molecule has 0 atom stereocenters. The van der Waals surface area contributed by atoms with Gasteiger partial charge in [-0.05, 0) is 66.8 Å². The maximum Gasteiger partial charge on any atom is 0.272 e. The van der Waals surface area contributed by atoms with Gasteiger partial charge in [-0.25, -0.2) is 4.98 Å². The van der Waals surface area contributed by atoms with Crippen LogP contribution in [0.15, 0.2) is 22.8 Å². The van der Waals surface area contributed by atoms with Crippen LogP contribution in [0.25, 0.3) is 0 Å². The highest BCUT2D eigenvalue weighted by Gasteiger charge is 2.28. The molecule has 1 amide bonds. The molecule has 108 valence electrons. The molecule has 0 radical (unpaired) electrons. The molecule has 2 aliphatic rings. The zero-order valence-electron chi connectivity index (χ0n) is 11.6. The quantitative estimate of drug-likeness (QED) is 0.832. The molecule has 0 saturated carbocycles. The van der Waals surface area contributed by atoms with E-state index < -0.39 is 0 Å². The summed E-state index contributed by atoms with van der Waals surface area (Å²) in [6.45, 7) is 4.20. The largest absolute Gasteiger partial charge is 0.337 e. The summed E-state index contributed by atoms with van der Waals surface area (Å²) in [6.07, 6.45) is 6.55. The van der Waals surface area contributed by atoms with Crippen LogP contribution in [0.1, 0.15) is 36.2 Å². The zero-order valence-corrected chi connectivity index (χ0v) is 13.2. The number of likely N-dealkylation sites (tertiary alicyclic amines) is 2. The zero-order chi connectivity index (χ0) is 13.9. The van der Waals surface area contributed by atoms with Crippen LogP contribution in [0.4, 0.5) is 0 Å². The van der Waals surface area contributed by atoms with Gasteiger partial charge in [0.1, 0.15) is 5.69 Å². The lowest BCUT2D eigenvalue weighted by Gasteiger charge is -2.36. The minimum Gasteiger partial charge on any atom is -0.337 e. The third-order valence-corrected chi connectivity index (χ3v) is 4.82. The van der Waals surface area contributed by atoms with Crippen molar-refractivity contribution >= 4 is 21.8 Å². The fourth-order valence-electron chi connectivity index (χ4n) is 3.21. The van der Waals surface area contributed by atoms with Gasteiger partial charge in [-0.2, -0.15) is 0 Å². The van der Waals surface area contributed by atoms with E-state index in [0.29, 0.717) is 11.7 Å². The summed E-state index contributed by atoms with van der Waals surface area (Å²) in [4.78, 5) is 21.1. The molecular formula is C15H20BrN3O. The van der Waals surface area contributed by atoms with E-state index in [4.69, 9.17) is 0 Å². The van der Waals surface area contributed by atoms with Crippen molar-refractivity contribution in [1.29, 1.82) is 0 Å². The average molecular weight is 338 g/mol. The van der Waals surface area contributed by atoms with Crippen LogP contribution in [0.2, 0.25) is 0 Å². The first-order chi connectivity index (χ1) is 9.74. The minimum atomic E-state index is 0.0670. The fourth-order valence-corrected chi connectivity index (χ4v) is 3.44. The van der Waals surface area contributed by atoms with Gasteiger partial charge in [-0.15, -0.1) is 0 Å². The van der Waals surface area contributed by atoms with Gasteiger partial charge in [-0.1, -0.05) is 0 Å². The average Bonchev–Trinajstić information content (AvgIpc) is 3.02. The Morgan fingerprint density at radius 1 is 1.15 bits per heavy atom. The Hall–Kier alpha value is -0.940. The van der Waals surface area contributed by atoms with Gasteiger partial charge in [0.05, 0.1) is 0 Å². The second-order valence-corrected chi connectivity index (χ2v) is 6.54. The van der Waals surface area contributed by atoms with Crippen LogP contribution < -0.4 is 0 Å². The number of nitrogens with zero attached hydrogens (tertiary/aromatic N) is 3. The highest BCUT2D eigenvalue weighted by atomic mass is 79.9. The molecule has 2 aliphatic heterocycles. The van der Waals surface area contributed by atoms with Crippen molar-refractivity contribution in [2.45, 2.75) is 31.7 Å². The van der Waals surface area contributed by atoms with Crippen molar-refractivity contribution in [3.05, 3.63) is 28.5 Å². The van der Waals surface area contributed by atoms with E-state index in [0.717, 1.165) is 30.4 Å². The maximum absolute atomic E-state index is 12.4. The minimum absolute atomic E-state index is 0.0670. The number of hydrogen-bond acceptors (Lipinski definition) is 3. The van der Waals surface area contributed by atoms with Crippen LogP contribution in [0.3, 0.4) is 0 Å².